The second-order valence-electron chi connectivity index (χ2n) is 8.77. The van der Waals surface area contributed by atoms with Gasteiger partial charge in [-0.3, -0.25) is 0 Å². The molecule has 0 saturated heterocycles. The van der Waals surface area contributed by atoms with Crippen LogP contribution in [-0.4, -0.2) is 41.0 Å². The lowest BCUT2D eigenvalue weighted by molar-refractivity contribution is -0.942. The van der Waals surface area contributed by atoms with Crippen molar-refractivity contribution in [3.63, 3.8) is 0 Å². The van der Waals surface area contributed by atoms with Crippen molar-refractivity contribution in [1.29, 1.82) is 0 Å². The van der Waals surface area contributed by atoms with Crippen molar-refractivity contribution in [2.24, 2.45) is 0 Å². The van der Waals surface area contributed by atoms with E-state index in [9.17, 15) is 0 Å². The molecule has 4 rings (SSSR count). The molecule has 2 heterocycles. The summed E-state index contributed by atoms with van der Waals surface area (Å²) in [5.74, 6) is 2.32. The fraction of sp³-hybridized carbons (Fsp3) is 0.458. The maximum Gasteiger partial charge on any atom is 0.214 e. The van der Waals surface area contributed by atoms with Gasteiger partial charge in [0.05, 0.1) is 26.3 Å². The number of hydrogen-bond acceptors (Lipinski definition) is 5. The summed E-state index contributed by atoms with van der Waals surface area (Å²) in [6.07, 6.45) is 1.97. The minimum Gasteiger partial charge on any atom is -0.493 e. The molecule has 0 bridgehead atoms. The van der Waals surface area contributed by atoms with Crippen LogP contribution < -0.4 is 14.4 Å². The third-order valence-corrected chi connectivity index (χ3v) is 6.59. The summed E-state index contributed by atoms with van der Waals surface area (Å²) in [5, 5.41) is 13.0. The molecule has 2 atom stereocenters. The molecule has 1 aliphatic rings. The van der Waals surface area contributed by atoms with Gasteiger partial charge < -0.3 is 14.4 Å². The first-order chi connectivity index (χ1) is 15.0. The third kappa shape index (κ3) is 4.02. The molecular formula is C24H32N5O2+. The van der Waals surface area contributed by atoms with Crippen LogP contribution in [0.25, 0.3) is 0 Å². The molecule has 7 heteroatoms. The third-order valence-electron chi connectivity index (χ3n) is 6.59. The molecule has 0 saturated carbocycles. The van der Waals surface area contributed by atoms with E-state index in [0.717, 1.165) is 48.8 Å². The molecule has 2 aromatic carbocycles. The van der Waals surface area contributed by atoms with Gasteiger partial charge in [-0.15, -0.1) is 5.10 Å². The van der Waals surface area contributed by atoms with E-state index in [0.29, 0.717) is 0 Å². The number of aromatic nitrogens is 4. The van der Waals surface area contributed by atoms with Crippen molar-refractivity contribution in [3.8, 4) is 11.5 Å². The van der Waals surface area contributed by atoms with Crippen LogP contribution in [0, 0.1) is 0 Å². The molecule has 1 unspecified atom stereocenters. The van der Waals surface area contributed by atoms with E-state index in [-0.39, 0.29) is 11.6 Å². The molecule has 3 aromatic rings. The SMILES string of the molecule is CCC(C)(C)n1nnnc1[C@@H](c1ccc(OC)c(OC)c1)[NH+]1CCc2ccccc2C1. The van der Waals surface area contributed by atoms with Crippen LogP contribution >= 0.6 is 0 Å². The molecule has 1 aromatic heterocycles. The lowest BCUT2D eigenvalue weighted by Crippen LogP contribution is -3.12. The number of nitrogens with one attached hydrogen (secondary N) is 1. The van der Waals surface area contributed by atoms with Gasteiger partial charge in [-0.1, -0.05) is 31.2 Å². The van der Waals surface area contributed by atoms with Crippen molar-refractivity contribution >= 4 is 0 Å². The highest BCUT2D eigenvalue weighted by atomic mass is 16.5. The number of benzene rings is 2. The number of nitrogens with zero attached hydrogens (tertiary/aromatic N) is 4. The fourth-order valence-electron chi connectivity index (χ4n) is 4.40. The lowest BCUT2D eigenvalue weighted by atomic mass is 9.95. The van der Waals surface area contributed by atoms with Gasteiger partial charge in [0.2, 0.25) is 5.82 Å². The van der Waals surface area contributed by atoms with E-state index in [4.69, 9.17) is 9.47 Å². The number of rotatable bonds is 7. The standard InChI is InChI=1S/C24H31N5O2/c1-6-24(2,3)29-23(25-26-27-29)22(18-11-12-20(30-4)21(15-18)31-5)28-14-13-17-9-7-8-10-19(17)16-28/h7-12,15,22H,6,13-14,16H2,1-5H3/p+1/t22-/m1/s1. The first kappa shape index (κ1) is 21.3. The number of tetrazole rings is 1. The molecule has 0 amide bonds. The molecule has 1 N–H and O–H groups in total. The molecule has 7 nitrogen and oxygen atoms in total. The Morgan fingerprint density at radius 1 is 1.06 bits per heavy atom. The van der Waals surface area contributed by atoms with E-state index < -0.39 is 0 Å². The molecule has 0 aliphatic carbocycles. The summed E-state index contributed by atoms with van der Waals surface area (Å²) in [7, 11) is 3.33. The van der Waals surface area contributed by atoms with Crippen LogP contribution in [0.5, 0.6) is 11.5 Å². The van der Waals surface area contributed by atoms with Crippen LogP contribution in [0.1, 0.15) is 55.7 Å². The van der Waals surface area contributed by atoms with Gasteiger partial charge in [-0.2, -0.15) is 0 Å². The molecule has 0 fully saturated rings. The molecule has 0 spiro atoms. The monoisotopic (exact) mass is 422 g/mol. The van der Waals surface area contributed by atoms with E-state index in [1.807, 2.05) is 10.7 Å². The highest BCUT2D eigenvalue weighted by Crippen LogP contribution is 2.32. The van der Waals surface area contributed by atoms with Crippen LogP contribution in [0.15, 0.2) is 42.5 Å². The smallest absolute Gasteiger partial charge is 0.214 e. The summed E-state index contributed by atoms with van der Waals surface area (Å²) in [6.45, 7) is 8.46. The molecule has 164 valence electrons. The number of hydrogen-bond donors (Lipinski definition) is 1. The predicted octanol–water partition coefficient (Wildman–Crippen LogP) is 2.57. The van der Waals surface area contributed by atoms with Crippen LogP contribution in [0.2, 0.25) is 0 Å². The first-order valence-electron chi connectivity index (χ1n) is 10.9. The highest BCUT2D eigenvalue weighted by molar-refractivity contribution is 5.44. The summed E-state index contributed by atoms with van der Waals surface area (Å²) >= 11 is 0. The Morgan fingerprint density at radius 2 is 1.81 bits per heavy atom. The Hall–Kier alpha value is -2.93. The van der Waals surface area contributed by atoms with Gasteiger partial charge in [0.15, 0.2) is 17.5 Å². The van der Waals surface area contributed by atoms with E-state index >= 15 is 0 Å². The Bertz CT molecular complexity index is 1050. The van der Waals surface area contributed by atoms with Crippen molar-refractivity contribution in [2.45, 2.75) is 51.7 Å². The Kier molecular flexibility index (Phi) is 5.96. The summed E-state index contributed by atoms with van der Waals surface area (Å²) < 4.78 is 13.1. The quantitative estimate of drug-likeness (QED) is 0.634. The van der Waals surface area contributed by atoms with Crippen molar-refractivity contribution < 1.29 is 14.4 Å². The largest absolute Gasteiger partial charge is 0.493 e. The van der Waals surface area contributed by atoms with Gasteiger partial charge in [-0.05, 0) is 54.5 Å². The van der Waals surface area contributed by atoms with Crippen molar-refractivity contribution in [1.82, 2.24) is 20.2 Å². The Morgan fingerprint density at radius 3 is 2.52 bits per heavy atom. The highest BCUT2D eigenvalue weighted by Gasteiger charge is 2.37. The molecule has 31 heavy (non-hydrogen) atoms. The van der Waals surface area contributed by atoms with E-state index in [2.05, 4.69) is 72.7 Å². The number of methoxy groups -OCH3 is 2. The Balaban J connectivity index is 1.82. The van der Waals surface area contributed by atoms with Gasteiger partial charge in [-0.25, -0.2) is 4.68 Å². The minimum atomic E-state index is -0.180. The van der Waals surface area contributed by atoms with Gasteiger partial charge >= 0.3 is 0 Å². The predicted molar refractivity (Wildman–Crippen MR) is 118 cm³/mol. The minimum absolute atomic E-state index is 0.0195. The van der Waals surface area contributed by atoms with Gasteiger partial charge in [0.25, 0.3) is 0 Å². The zero-order chi connectivity index (χ0) is 22.0. The van der Waals surface area contributed by atoms with Crippen LogP contribution in [0.3, 0.4) is 0 Å². The fourth-order valence-corrected chi connectivity index (χ4v) is 4.40. The summed E-state index contributed by atoms with van der Waals surface area (Å²) in [6, 6.07) is 14.8. The summed E-state index contributed by atoms with van der Waals surface area (Å²) in [4.78, 5) is 1.42. The lowest BCUT2D eigenvalue weighted by Gasteiger charge is -2.34. The van der Waals surface area contributed by atoms with Gasteiger partial charge in [0.1, 0.15) is 6.54 Å². The van der Waals surface area contributed by atoms with E-state index in [1.54, 1.807) is 14.2 Å². The van der Waals surface area contributed by atoms with Crippen molar-refractivity contribution in [3.05, 3.63) is 65.0 Å². The van der Waals surface area contributed by atoms with Crippen molar-refractivity contribution in [2.75, 3.05) is 20.8 Å². The second-order valence-corrected chi connectivity index (χ2v) is 8.77. The summed E-state index contributed by atoms with van der Waals surface area (Å²) in [5.41, 5.74) is 3.77. The van der Waals surface area contributed by atoms with Gasteiger partial charge in [0, 0.05) is 17.5 Å². The van der Waals surface area contributed by atoms with E-state index in [1.165, 1.54) is 16.0 Å². The topological polar surface area (TPSA) is 66.5 Å². The number of ether oxygens (including phenoxy) is 2. The van der Waals surface area contributed by atoms with Crippen LogP contribution in [-0.2, 0) is 18.5 Å². The average Bonchev–Trinajstić information content (AvgIpc) is 3.29. The number of fused-ring (bicyclic) bond motifs is 1. The maximum absolute atomic E-state index is 5.61. The molecule has 1 aliphatic heterocycles. The number of quaternary nitrogens is 1. The zero-order valence-corrected chi connectivity index (χ0v) is 19.1. The molecular weight excluding hydrogens is 390 g/mol. The molecule has 0 radical (unpaired) electrons. The Labute approximate surface area is 184 Å². The maximum atomic E-state index is 5.61. The average molecular weight is 423 g/mol. The normalized spacial score (nSPS) is 17.1. The second kappa shape index (κ2) is 8.67. The van der Waals surface area contributed by atoms with Crippen LogP contribution in [0.4, 0.5) is 0 Å². The zero-order valence-electron chi connectivity index (χ0n) is 19.1. The first-order valence-corrected chi connectivity index (χ1v) is 10.9.